The largest absolute Gasteiger partial charge is 0.455 e. The number of carbonyl (C=O) groups excluding carboxylic acids is 1. The number of aromatic nitrogens is 2. The summed E-state index contributed by atoms with van der Waals surface area (Å²) in [7, 11) is -2.77. The minimum Gasteiger partial charge on any atom is -0.455 e. The van der Waals surface area contributed by atoms with Crippen molar-refractivity contribution in [1.29, 1.82) is 0 Å². The number of piperazine rings is 1. The summed E-state index contributed by atoms with van der Waals surface area (Å²) in [5.41, 5.74) is 5.73. The molecule has 3 aliphatic heterocycles. The lowest BCUT2D eigenvalue weighted by Gasteiger charge is -2.39. The number of likely N-dealkylation sites (N-methyl/N-ethyl adjacent to an activating group) is 1. The van der Waals surface area contributed by atoms with Crippen molar-refractivity contribution in [3.8, 4) is 11.5 Å². The van der Waals surface area contributed by atoms with Gasteiger partial charge in [-0.15, -0.1) is 0 Å². The lowest BCUT2D eigenvalue weighted by molar-refractivity contribution is -0.384. The van der Waals surface area contributed by atoms with Crippen LogP contribution in [0.1, 0.15) is 68.3 Å². The third-order valence-electron chi connectivity index (χ3n) is 13.9. The molecule has 0 radical (unpaired) electrons. The zero-order chi connectivity index (χ0) is 46.2. The summed E-state index contributed by atoms with van der Waals surface area (Å²) in [4.78, 5) is 42.1. The number of allylic oxidation sites excluding steroid dienone is 1. The van der Waals surface area contributed by atoms with Crippen LogP contribution < -0.4 is 19.3 Å². The molecule has 3 fully saturated rings. The molecule has 17 heteroatoms. The van der Waals surface area contributed by atoms with E-state index in [9.17, 15) is 23.3 Å². The van der Waals surface area contributed by atoms with Crippen molar-refractivity contribution in [2.75, 3.05) is 75.9 Å². The zero-order valence-electron chi connectivity index (χ0n) is 37.7. The van der Waals surface area contributed by atoms with E-state index in [1.807, 2.05) is 23.1 Å². The molecule has 5 aromatic rings. The second-order valence-electron chi connectivity index (χ2n) is 18.8. The molecule has 3 aromatic carbocycles. The number of benzene rings is 3. The van der Waals surface area contributed by atoms with E-state index >= 15 is 0 Å². The number of pyridine rings is 1. The summed E-state index contributed by atoms with van der Waals surface area (Å²) in [6, 6.07) is 21.1. The number of nitrogens with zero attached hydrogens (tertiary/aromatic N) is 6. The molecule has 66 heavy (non-hydrogen) atoms. The van der Waals surface area contributed by atoms with Crippen molar-refractivity contribution in [2.45, 2.75) is 69.4 Å². The molecule has 1 atom stereocenters. The van der Waals surface area contributed by atoms with E-state index in [0.717, 1.165) is 120 Å². The molecule has 0 unspecified atom stereocenters. The predicted octanol–water partition coefficient (Wildman–Crippen LogP) is 8.51. The van der Waals surface area contributed by atoms with Crippen LogP contribution in [0.25, 0.3) is 16.6 Å². The molecule has 1 amide bonds. The SMILES string of the molecule is CN(c1ccc(S(=O)(=O)NC(=O)c2ccc(N3CCN(CC4=C(c5ccc(Cl)cc5)CC(C)(C)CC4)CC3)cc2Oc2cnc3[nH]ccc3c2)cc1[N+](=O)[O-])[C@H]1CCN(C2CCOCC2)C1. The molecule has 5 heterocycles. The van der Waals surface area contributed by atoms with Gasteiger partial charge >= 0.3 is 0 Å². The Kier molecular flexibility index (Phi) is 13.1. The normalized spacial score (nSPS) is 19.9. The number of hydrogen-bond donors (Lipinski definition) is 2. The van der Waals surface area contributed by atoms with E-state index in [4.69, 9.17) is 21.1 Å². The van der Waals surface area contributed by atoms with Crippen molar-refractivity contribution in [1.82, 2.24) is 24.5 Å². The van der Waals surface area contributed by atoms with Gasteiger partial charge in [0, 0.05) is 113 Å². The molecule has 1 aliphatic carbocycles. The fraction of sp³-hybridized carbons (Fsp3) is 0.429. The Balaban J connectivity index is 0.924. The van der Waals surface area contributed by atoms with Gasteiger partial charge in [-0.3, -0.25) is 24.7 Å². The number of carbonyl (C=O) groups is 1. The minimum atomic E-state index is -4.58. The number of rotatable bonds is 13. The summed E-state index contributed by atoms with van der Waals surface area (Å²) < 4.78 is 41.9. The third-order valence-corrected chi connectivity index (χ3v) is 15.4. The van der Waals surface area contributed by atoms with Crippen molar-refractivity contribution >= 4 is 61.2 Å². The first-order valence-corrected chi connectivity index (χ1v) is 24.7. The number of halogens is 1. The fourth-order valence-corrected chi connectivity index (χ4v) is 11.1. The second kappa shape index (κ2) is 19.0. The van der Waals surface area contributed by atoms with Crippen LogP contribution in [-0.2, 0) is 14.8 Å². The lowest BCUT2D eigenvalue weighted by atomic mass is 9.72. The Hall–Kier alpha value is -5.52. The van der Waals surface area contributed by atoms with Crippen LogP contribution in [-0.4, -0.2) is 117 Å². The number of nitro groups is 1. The molecular formula is C49H57ClN8O7S. The molecule has 348 valence electrons. The van der Waals surface area contributed by atoms with Gasteiger partial charge < -0.3 is 24.3 Å². The Morgan fingerprint density at radius 3 is 2.55 bits per heavy atom. The Labute approximate surface area is 390 Å². The zero-order valence-corrected chi connectivity index (χ0v) is 39.2. The quantitative estimate of drug-likeness (QED) is 0.0855. The summed E-state index contributed by atoms with van der Waals surface area (Å²) in [5.74, 6) is -0.452. The number of anilines is 2. The smallest absolute Gasteiger partial charge is 0.293 e. The molecule has 0 saturated carbocycles. The number of H-pyrrole nitrogens is 1. The lowest BCUT2D eigenvalue weighted by Crippen LogP contribution is -2.47. The maximum absolute atomic E-state index is 14.1. The van der Waals surface area contributed by atoms with Crippen LogP contribution in [0.4, 0.5) is 17.1 Å². The topological polar surface area (TPSA) is 166 Å². The van der Waals surface area contributed by atoms with Crippen LogP contribution in [0.3, 0.4) is 0 Å². The Bertz CT molecular complexity index is 2750. The summed E-state index contributed by atoms with van der Waals surface area (Å²) in [5, 5.41) is 14.0. The highest BCUT2D eigenvalue weighted by molar-refractivity contribution is 7.90. The van der Waals surface area contributed by atoms with Crippen LogP contribution >= 0.6 is 11.6 Å². The van der Waals surface area contributed by atoms with Gasteiger partial charge in [0.05, 0.1) is 21.6 Å². The first kappa shape index (κ1) is 45.6. The van der Waals surface area contributed by atoms with Crippen molar-refractivity contribution in [2.24, 2.45) is 5.41 Å². The molecule has 9 rings (SSSR count). The molecule has 4 aliphatic rings. The molecule has 15 nitrogen and oxygen atoms in total. The molecule has 0 spiro atoms. The van der Waals surface area contributed by atoms with E-state index in [1.165, 1.54) is 35.0 Å². The fourth-order valence-electron chi connectivity index (χ4n) is 9.99. The van der Waals surface area contributed by atoms with Gasteiger partial charge in [0.2, 0.25) is 0 Å². The van der Waals surface area contributed by atoms with Crippen molar-refractivity contribution in [3.63, 3.8) is 0 Å². The highest BCUT2D eigenvalue weighted by Gasteiger charge is 2.35. The molecule has 3 saturated heterocycles. The number of nitrogens with one attached hydrogen (secondary N) is 2. The van der Waals surface area contributed by atoms with Crippen LogP contribution in [0.2, 0.25) is 5.02 Å². The van der Waals surface area contributed by atoms with Gasteiger partial charge in [0.25, 0.3) is 21.6 Å². The van der Waals surface area contributed by atoms with Gasteiger partial charge in [0.1, 0.15) is 22.8 Å². The average Bonchev–Trinajstić information content (AvgIpc) is 4.01. The summed E-state index contributed by atoms with van der Waals surface area (Å²) >= 11 is 6.25. The van der Waals surface area contributed by atoms with Crippen LogP contribution in [0.15, 0.2) is 95.7 Å². The van der Waals surface area contributed by atoms with E-state index < -0.39 is 25.7 Å². The third kappa shape index (κ3) is 10.1. The maximum atomic E-state index is 14.1. The highest BCUT2D eigenvalue weighted by atomic mass is 35.5. The van der Waals surface area contributed by atoms with Crippen molar-refractivity contribution < 1.29 is 27.6 Å². The number of aromatic amines is 1. The molecule has 0 bridgehead atoms. The monoisotopic (exact) mass is 936 g/mol. The molecule has 2 N–H and O–H groups in total. The van der Waals surface area contributed by atoms with Gasteiger partial charge in [-0.1, -0.05) is 43.2 Å². The standard InChI is InChI=1S/C49H57ClN8O7S/c1-49(2)17-12-35(43(29-49)33-4-6-36(50)7-5-33)31-55-20-22-56(23-21-55)38-8-10-42(46(27-38)65-40-26-34-13-18-51-47(34)52-30-40)48(59)53-66(62,63)41-9-11-44(45(28-41)58(60)61)54(3)39-14-19-57(32-39)37-15-24-64-25-16-37/h4-11,13,18,26-28,30,37,39H,12,14-17,19-25,29,31-32H2,1-3H3,(H,51,52)(H,53,59)/t39-/m0/s1. The van der Waals surface area contributed by atoms with Gasteiger partial charge in [0.15, 0.2) is 0 Å². The summed E-state index contributed by atoms with van der Waals surface area (Å²) in [6.07, 6.45) is 9.23. The van der Waals surface area contributed by atoms with E-state index in [2.05, 4.69) is 55.4 Å². The van der Waals surface area contributed by atoms with E-state index in [1.54, 1.807) is 37.5 Å². The number of sulfonamides is 1. The van der Waals surface area contributed by atoms with Crippen molar-refractivity contribution in [3.05, 3.63) is 117 Å². The number of fused-ring (bicyclic) bond motifs is 1. The Morgan fingerprint density at radius 1 is 1.02 bits per heavy atom. The van der Waals surface area contributed by atoms with Gasteiger partial charge in [-0.05, 0) is 104 Å². The minimum absolute atomic E-state index is 0.00753. The Morgan fingerprint density at radius 2 is 1.79 bits per heavy atom. The van der Waals surface area contributed by atoms with E-state index in [-0.39, 0.29) is 28.5 Å². The molecule has 2 aromatic heterocycles. The second-order valence-corrected chi connectivity index (χ2v) is 20.9. The predicted molar refractivity (Wildman–Crippen MR) is 257 cm³/mol. The number of hydrogen-bond acceptors (Lipinski definition) is 12. The number of likely N-dealkylation sites (tertiary alicyclic amines) is 1. The first-order valence-electron chi connectivity index (χ1n) is 22.8. The number of nitro benzene ring substituents is 1. The van der Waals surface area contributed by atoms with E-state index in [0.29, 0.717) is 23.1 Å². The first-order chi connectivity index (χ1) is 31.7. The molecular weight excluding hydrogens is 880 g/mol. The van der Waals surface area contributed by atoms with Crippen LogP contribution in [0.5, 0.6) is 11.5 Å². The van der Waals surface area contributed by atoms with Gasteiger partial charge in [-0.25, -0.2) is 18.1 Å². The van der Waals surface area contributed by atoms with Gasteiger partial charge in [-0.2, -0.15) is 0 Å². The maximum Gasteiger partial charge on any atom is 0.293 e. The highest BCUT2D eigenvalue weighted by Crippen LogP contribution is 2.44. The number of amides is 1. The number of ether oxygens (including phenoxy) is 2. The summed E-state index contributed by atoms with van der Waals surface area (Å²) in [6.45, 7) is 11.7. The van der Waals surface area contributed by atoms with Crippen LogP contribution in [0, 0.1) is 15.5 Å². The average molecular weight is 938 g/mol.